The van der Waals surface area contributed by atoms with Crippen molar-refractivity contribution in [2.24, 2.45) is 0 Å². The zero-order valence-corrected chi connectivity index (χ0v) is 12.5. The van der Waals surface area contributed by atoms with Crippen molar-refractivity contribution >= 4 is 0 Å². The second-order valence-electron chi connectivity index (χ2n) is 5.30. The van der Waals surface area contributed by atoms with Crippen LogP contribution in [0.1, 0.15) is 11.9 Å². The Balaban J connectivity index is 2.16. The van der Waals surface area contributed by atoms with E-state index >= 15 is 0 Å². The lowest BCUT2D eigenvalue weighted by Crippen LogP contribution is -2.18. The van der Waals surface area contributed by atoms with Gasteiger partial charge in [-0.1, -0.05) is 60.7 Å². The summed E-state index contributed by atoms with van der Waals surface area (Å²) >= 11 is 0. The summed E-state index contributed by atoms with van der Waals surface area (Å²) in [5.74, 6) is 0. The number of aromatic nitrogens is 1. The van der Waals surface area contributed by atoms with Crippen molar-refractivity contribution < 1.29 is 17.6 Å². The lowest BCUT2D eigenvalue weighted by molar-refractivity contribution is -0.183. The maximum absolute atomic E-state index is 13.8. The van der Waals surface area contributed by atoms with Crippen LogP contribution in [-0.2, 0) is 0 Å². The van der Waals surface area contributed by atoms with E-state index in [-0.39, 0.29) is 0 Å². The van der Waals surface area contributed by atoms with Crippen molar-refractivity contribution in [2.75, 3.05) is 0 Å². The molecule has 2 aromatic carbocycles. The molecule has 0 aliphatic carbocycles. The number of pyridine rings is 1. The third-order valence-electron chi connectivity index (χ3n) is 3.57. The van der Waals surface area contributed by atoms with Crippen LogP contribution in [0.15, 0.2) is 72.8 Å². The van der Waals surface area contributed by atoms with Gasteiger partial charge < -0.3 is 0 Å². The van der Waals surface area contributed by atoms with Crippen molar-refractivity contribution in [2.45, 2.75) is 12.3 Å². The Morgan fingerprint density at radius 3 is 1.79 bits per heavy atom. The van der Waals surface area contributed by atoms with Crippen molar-refractivity contribution in [1.29, 1.82) is 0 Å². The van der Waals surface area contributed by atoms with Gasteiger partial charge in [-0.15, -0.1) is 0 Å². The minimum atomic E-state index is -4.99. The van der Waals surface area contributed by atoms with Crippen LogP contribution < -0.4 is 0 Å². The SMILES string of the molecule is FC(c1cc(-c2ccccc2)cc(-c2ccccc2)n1)C(F)(F)F. The molecular formula is C19H13F4N. The number of nitrogens with zero attached hydrogens (tertiary/aromatic N) is 1. The van der Waals surface area contributed by atoms with Crippen molar-refractivity contribution in [3.8, 4) is 22.4 Å². The second kappa shape index (κ2) is 6.43. The molecule has 0 aliphatic heterocycles. The van der Waals surface area contributed by atoms with E-state index in [1.165, 1.54) is 0 Å². The molecule has 0 saturated carbocycles. The first-order chi connectivity index (χ1) is 11.4. The van der Waals surface area contributed by atoms with Gasteiger partial charge in [0.15, 0.2) is 0 Å². The second-order valence-corrected chi connectivity index (χ2v) is 5.30. The van der Waals surface area contributed by atoms with E-state index in [1.54, 1.807) is 66.7 Å². The normalized spacial score (nSPS) is 12.8. The number of halogens is 4. The smallest absolute Gasteiger partial charge is 0.249 e. The van der Waals surface area contributed by atoms with Crippen LogP contribution >= 0.6 is 0 Å². The Morgan fingerprint density at radius 1 is 0.708 bits per heavy atom. The summed E-state index contributed by atoms with van der Waals surface area (Å²) in [6.07, 6.45) is -8.11. The van der Waals surface area contributed by atoms with Gasteiger partial charge in [0.25, 0.3) is 0 Å². The lowest BCUT2D eigenvalue weighted by atomic mass is 10.0. The van der Waals surface area contributed by atoms with Crippen LogP contribution in [0.4, 0.5) is 17.6 Å². The fraction of sp³-hybridized carbons (Fsp3) is 0.105. The molecule has 24 heavy (non-hydrogen) atoms. The standard InChI is InChI=1S/C19H13F4N/c20-18(19(21,22)23)17-12-15(13-7-3-1-4-8-13)11-16(24-17)14-9-5-2-6-10-14/h1-12,18H. The van der Waals surface area contributed by atoms with Gasteiger partial charge in [-0.3, -0.25) is 0 Å². The van der Waals surface area contributed by atoms with Crippen LogP contribution in [0.2, 0.25) is 0 Å². The molecule has 0 saturated heterocycles. The molecule has 0 amide bonds. The summed E-state index contributed by atoms with van der Waals surface area (Å²) in [7, 11) is 0. The quantitative estimate of drug-likeness (QED) is 0.537. The van der Waals surface area contributed by atoms with E-state index in [4.69, 9.17) is 0 Å². The Bertz CT molecular complexity index is 756. The highest BCUT2D eigenvalue weighted by atomic mass is 19.4. The van der Waals surface area contributed by atoms with Crippen LogP contribution in [0.3, 0.4) is 0 Å². The molecule has 1 aromatic heterocycles. The number of rotatable bonds is 3. The Morgan fingerprint density at radius 2 is 1.25 bits per heavy atom. The molecule has 0 fully saturated rings. The molecule has 0 spiro atoms. The number of alkyl halides is 4. The van der Waals surface area contributed by atoms with Crippen LogP contribution in [0.25, 0.3) is 22.4 Å². The topological polar surface area (TPSA) is 12.9 Å². The largest absolute Gasteiger partial charge is 0.425 e. The Hall–Kier alpha value is -2.69. The maximum Gasteiger partial charge on any atom is 0.425 e. The molecule has 1 nitrogen and oxygen atoms in total. The third-order valence-corrected chi connectivity index (χ3v) is 3.57. The van der Waals surface area contributed by atoms with Crippen molar-refractivity contribution in [3.05, 3.63) is 78.5 Å². The van der Waals surface area contributed by atoms with E-state index in [2.05, 4.69) is 4.98 Å². The molecule has 0 aliphatic rings. The third kappa shape index (κ3) is 3.45. The van der Waals surface area contributed by atoms with Crippen LogP contribution in [0, 0.1) is 0 Å². The number of benzene rings is 2. The molecule has 0 N–H and O–H groups in total. The fourth-order valence-electron chi connectivity index (χ4n) is 2.40. The molecular weight excluding hydrogens is 318 g/mol. The molecule has 1 atom stereocenters. The van der Waals surface area contributed by atoms with Gasteiger partial charge >= 0.3 is 6.18 Å². The Kier molecular flexibility index (Phi) is 4.34. The van der Waals surface area contributed by atoms with E-state index < -0.39 is 18.0 Å². The van der Waals surface area contributed by atoms with Crippen molar-refractivity contribution in [3.63, 3.8) is 0 Å². The van der Waals surface area contributed by atoms with E-state index in [1.807, 2.05) is 0 Å². The van der Waals surface area contributed by atoms with Crippen LogP contribution in [0.5, 0.6) is 0 Å². The lowest BCUT2D eigenvalue weighted by Gasteiger charge is -2.15. The fourth-order valence-corrected chi connectivity index (χ4v) is 2.40. The first-order valence-electron chi connectivity index (χ1n) is 7.29. The first kappa shape index (κ1) is 16.2. The average Bonchev–Trinajstić information content (AvgIpc) is 2.61. The summed E-state index contributed by atoms with van der Waals surface area (Å²) in [5.41, 5.74) is 1.49. The minimum absolute atomic E-state index is 0.304. The predicted octanol–water partition coefficient (Wildman–Crippen LogP) is 5.99. The highest BCUT2D eigenvalue weighted by Gasteiger charge is 2.42. The van der Waals surface area contributed by atoms with Gasteiger partial charge in [-0.25, -0.2) is 9.37 Å². The van der Waals surface area contributed by atoms with Gasteiger partial charge in [-0.05, 0) is 23.3 Å². The average molecular weight is 331 g/mol. The highest BCUT2D eigenvalue weighted by molar-refractivity contribution is 5.71. The number of hydrogen-bond acceptors (Lipinski definition) is 1. The van der Waals surface area contributed by atoms with Gasteiger partial charge in [0, 0.05) is 5.56 Å². The van der Waals surface area contributed by atoms with Crippen LogP contribution in [-0.4, -0.2) is 11.2 Å². The van der Waals surface area contributed by atoms with Gasteiger partial charge in [0.1, 0.15) is 0 Å². The van der Waals surface area contributed by atoms with E-state index in [0.717, 1.165) is 6.07 Å². The molecule has 1 unspecified atom stereocenters. The molecule has 122 valence electrons. The summed E-state index contributed by atoms with van der Waals surface area (Å²) in [5, 5.41) is 0. The molecule has 3 aromatic rings. The summed E-state index contributed by atoms with van der Waals surface area (Å²) in [6.45, 7) is 0. The van der Waals surface area contributed by atoms with Gasteiger partial charge in [-0.2, -0.15) is 13.2 Å². The number of hydrogen-bond donors (Lipinski definition) is 0. The summed E-state index contributed by atoms with van der Waals surface area (Å²) in [4.78, 5) is 3.90. The molecule has 5 heteroatoms. The minimum Gasteiger partial charge on any atom is -0.249 e. The molecule has 0 bridgehead atoms. The summed E-state index contributed by atoms with van der Waals surface area (Å²) < 4.78 is 52.2. The first-order valence-corrected chi connectivity index (χ1v) is 7.29. The van der Waals surface area contributed by atoms with Gasteiger partial charge in [0.05, 0.1) is 11.4 Å². The summed E-state index contributed by atoms with van der Waals surface area (Å²) in [6, 6.07) is 20.4. The maximum atomic E-state index is 13.8. The van der Waals surface area contributed by atoms with Crippen molar-refractivity contribution in [1.82, 2.24) is 4.98 Å². The zero-order valence-electron chi connectivity index (χ0n) is 12.5. The monoisotopic (exact) mass is 331 g/mol. The highest BCUT2D eigenvalue weighted by Crippen LogP contribution is 2.37. The molecule has 3 rings (SSSR count). The van der Waals surface area contributed by atoms with Gasteiger partial charge in [0.2, 0.25) is 6.17 Å². The zero-order chi connectivity index (χ0) is 17.2. The molecule has 0 radical (unpaired) electrons. The predicted molar refractivity (Wildman–Crippen MR) is 85.0 cm³/mol. The van der Waals surface area contributed by atoms with E-state index in [0.29, 0.717) is 22.4 Å². The Labute approximate surface area is 136 Å². The van der Waals surface area contributed by atoms with E-state index in [9.17, 15) is 17.6 Å². The molecule has 1 heterocycles.